The van der Waals surface area contributed by atoms with Gasteiger partial charge >= 0.3 is 11.8 Å². The highest BCUT2D eigenvalue weighted by atomic mass is 79.9. The van der Waals surface area contributed by atoms with Crippen LogP contribution in [-0.2, 0) is 16.2 Å². The maximum atomic E-state index is 11.3. The predicted molar refractivity (Wildman–Crippen MR) is 106 cm³/mol. The van der Waals surface area contributed by atoms with E-state index in [1.165, 1.54) is 13.3 Å². The Bertz CT molecular complexity index is 822. The molecule has 0 aliphatic heterocycles. The van der Waals surface area contributed by atoms with Crippen molar-refractivity contribution in [2.24, 2.45) is 5.10 Å². The monoisotopic (exact) mass is 433 g/mol. The summed E-state index contributed by atoms with van der Waals surface area (Å²) in [7, 11) is 1.37. The van der Waals surface area contributed by atoms with E-state index in [4.69, 9.17) is 9.47 Å². The zero-order valence-electron chi connectivity index (χ0n) is 15.0. The third-order valence-electron chi connectivity index (χ3n) is 3.39. The molecule has 0 radical (unpaired) electrons. The van der Waals surface area contributed by atoms with Crippen molar-refractivity contribution in [2.45, 2.75) is 13.5 Å². The molecular weight excluding hydrogens is 414 g/mol. The fourth-order valence-electron chi connectivity index (χ4n) is 2.06. The number of ether oxygens (including phenoxy) is 2. The number of likely N-dealkylation sites (N-methyl/N-ethyl adjacent to an activating group) is 1. The molecule has 0 bridgehead atoms. The van der Waals surface area contributed by atoms with Gasteiger partial charge in [-0.15, -0.1) is 0 Å². The summed E-state index contributed by atoms with van der Waals surface area (Å²) >= 11 is 3.40. The summed E-state index contributed by atoms with van der Waals surface area (Å²) in [5.41, 5.74) is 3.86. The Labute approximate surface area is 165 Å². The van der Waals surface area contributed by atoms with Crippen molar-refractivity contribution in [3.05, 3.63) is 58.1 Å². The lowest BCUT2D eigenvalue weighted by atomic mass is 10.2. The highest BCUT2D eigenvalue weighted by molar-refractivity contribution is 9.10. The molecule has 0 spiro atoms. The summed E-state index contributed by atoms with van der Waals surface area (Å²) in [4.78, 5) is 22.5. The minimum absolute atomic E-state index is 0.406. The van der Waals surface area contributed by atoms with E-state index in [2.05, 4.69) is 31.8 Å². The number of carbonyl (C=O) groups excluding carboxylic acids is 2. The quantitative estimate of drug-likeness (QED) is 0.399. The van der Waals surface area contributed by atoms with Crippen LogP contribution >= 0.6 is 15.9 Å². The molecule has 0 fully saturated rings. The van der Waals surface area contributed by atoms with Crippen molar-refractivity contribution in [3.63, 3.8) is 0 Å². The largest absolute Gasteiger partial charge is 0.490 e. The molecule has 0 aromatic heterocycles. The third kappa shape index (κ3) is 6.41. The second-order valence-electron chi connectivity index (χ2n) is 5.33. The number of hydrazone groups is 1. The zero-order chi connectivity index (χ0) is 19.6. The van der Waals surface area contributed by atoms with Gasteiger partial charge in [-0.1, -0.05) is 28.1 Å². The molecule has 0 aliphatic rings. The highest BCUT2D eigenvalue weighted by Gasteiger charge is 2.09. The summed E-state index contributed by atoms with van der Waals surface area (Å²) in [6.07, 6.45) is 1.42. The first-order valence-corrected chi connectivity index (χ1v) is 9.02. The van der Waals surface area contributed by atoms with Crippen LogP contribution in [0.1, 0.15) is 18.1 Å². The Morgan fingerprint density at radius 2 is 1.81 bits per heavy atom. The van der Waals surface area contributed by atoms with Crippen molar-refractivity contribution in [1.29, 1.82) is 0 Å². The number of amides is 2. The molecule has 0 heterocycles. The van der Waals surface area contributed by atoms with E-state index in [1.54, 1.807) is 18.2 Å². The molecule has 142 valence electrons. The molecule has 7 nitrogen and oxygen atoms in total. The van der Waals surface area contributed by atoms with Crippen molar-refractivity contribution in [3.8, 4) is 11.5 Å². The van der Waals surface area contributed by atoms with Crippen LogP contribution in [0.5, 0.6) is 11.5 Å². The number of carbonyl (C=O) groups is 2. The van der Waals surface area contributed by atoms with E-state index in [9.17, 15) is 9.59 Å². The summed E-state index contributed by atoms with van der Waals surface area (Å²) in [5, 5.41) is 5.97. The van der Waals surface area contributed by atoms with Gasteiger partial charge in [0.05, 0.1) is 12.8 Å². The minimum Gasteiger partial charge on any atom is -0.490 e. The van der Waals surface area contributed by atoms with Crippen LogP contribution in [0, 0.1) is 0 Å². The standard InChI is InChI=1S/C19H20BrN3O4/c1-3-26-17-10-14(11-22-23-19(25)18(24)21-2)6-9-16(17)27-12-13-4-7-15(20)8-5-13/h4-11H,3,12H2,1-2H3,(H,21,24)(H,23,25)/b22-11-. The second kappa shape index (κ2) is 10.3. The van der Waals surface area contributed by atoms with Crippen molar-refractivity contribution in [1.82, 2.24) is 10.7 Å². The lowest BCUT2D eigenvalue weighted by Gasteiger charge is -2.12. The van der Waals surface area contributed by atoms with E-state index in [0.717, 1.165) is 10.0 Å². The smallest absolute Gasteiger partial charge is 0.329 e. The topological polar surface area (TPSA) is 89.0 Å². The van der Waals surface area contributed by atoms with Crippen LogP contribution in [0.25, 0.3) is 0 Å². The Balaban J connectivity index is 2.05. The number of nitrogens with one attached hydrogen (secondary N) is 2. The molecule has 2 aromatic rings. The third-order valence-corrected chi connectivity index (χ3v) is 3.92. The molecule has 0 saturated carbocycles. The molecule has 0 atom stereocenters. The molecular formula is C19H20BrN3O4. The lowest BCUT2D eigenvalue weighted by molar-refractivity contribution is -0.138. The Morgan fingerprint density at radius 1 is 1.07 bits per heavy atom. The Hall–Kier alpha value is -2.87. The summed E-state index contributed by atoms with van der Waals surface area (Å²) in [5.74, 6) is -0.436. The van der Waals surface area contributed by atoms with E-state index in [0.29, 0.717) is 30.3 Å². The SMILES string of the molecule is CCOc1cc(/C=N\NC(=O)C(=O)NC)ccc1OCc1ccc(Br)cc1. The van der Waals surface area contributed by atoms with Crippen LogP contribution in [0.2, 0.25) is 0 Å². The van der Waals surface area contributed by atoms with Gasteiger partial charge < -0.3 is 14.8 Å². The lowest BCUT2D eigenvalue weighted by Crippen LogP contribution is -2.35. The maximum Gasteiger partial charge on any atom is 0.329 e. The fourth-order valence-corrected chi connectivity index (χ4v) is 2.33. The average Bonchev–Trinajstić information content (AvgIpc) is 2.68. The van der Waals surface area contributed by atoms with Crippen LogP contribution in [0.3, 0.4) is 0 Å². The van der Waals surface area contributed by atoms with Crippen LogP contribution < -0.4 is 20.2 Å². The number of rotatable bonds is 7. The molecule has 2 amide bonds. The molecule has 8 heteroatoms. The highest BCUT2D eigenvalue weighted by Crippen LogP contribution is 2.29. The summed E-state index contributed by atoms with van der Waals surface area (Å²) < 4.78 is 12.5. The van der Waals surface area contributed by atoms with Crippen molar-refractivity contribution in [2.75, 3.05) is 13.7 Å². The number of halogens is 1. The van der Waals surface area contributed by atoms with E-state index >= 15 is 0 Å². The second-order valence-corrected chi connectivity index (χ2v) is 6.25. The van der Waals surface area contributed by atoms with Gasteiger partial charge in [0.1, 0.15) is 6.61 Å². The number of nitrogens with zero attached hydrogens (tertiary/aromatic N) is 1. The van der Waals surface area contributed by atoms with Crippen molar-refractivity contribution < 1.29 is 19.1 Å². The number of hydrogen-bond acceptors (Lipinski definition) is 5. The molecule has 0 saturated heterocycles. The Kier molecular flexibility index (Phi) is 7.81. The van der Waals surface area contributed by atoms with Gasteiger partial charge in [-0.2, -0.15) is 5.10 Å². The van der Waals surface area contributed by atoms with Crippen molar-refractivity contribution >= 4 is 34.0 Å². The van der Waals surface area contributed by atoms with Crippen LogP contribution in [0.4, 0.5) is 0 Å². The molecule has 2 rings (SSSR count). The van der Waals surface area contributed by atoms with Gasteiger partial charge in [-0.05, 0) is 48.4 Å². The molecule has 0 unspecified atom stereocenters. The van der Waals surface area contributed by atoms with Gasteiger partial charge in [-0.3, -0.25) is 9.59 Å². The van der Waals surface area contributed by atoms with Crippen LogP contribution in [0.15, 0.2) is 52.0 Å². The first kappa shape index (κ1) is 20.4. The molecule has 2 N–H and O–H groups in total. The predicted octanol–water partition coefficient (Wildman–Crippen LogP) is 2.62. The van der Waals surface area contributed by atoms with Crippen LogP contribution in [-0.4, -0.2) is 31.7 Å². The van der Waals surface area contributed by atoms with Gasteiger partial charge in [0.2, 0.25) is 0 Å². The first-order valence-electron chi connectivity index (χ1n) is 8.22. The van der Waals surface area contributed by atoms with Gasteiger partial charge in [0.25, 0.3) is 0 Å². The maximum absolute atomic E-state index is 11.3. The first-order chi connectivity index (χ1) is 13.0. The van der Waals surface area contributed by atoms with E-state index in [1.807, 2.05) is 31.2 Å². The molecule has 27 heavy (non-hydrogen) atoms. The van der Waals surface area contributed by atoms with Gasteiger partial charge in [0, 0.05) is 11.5 Å². The van der Waals surface area contributed by atoms with E-state index < -0.39 is 11.8 Å². The number of benzene rings is 2. The minimum atomic E-state index is -0.840. The number of hydrogen-bond donors (Lipinski definition) is 2. The van der Waals surface area contributed by atoms with E-state index in [-0.39, 0.29) is 0 Å². The Morgan fingerprint density at radius 3 is 2.48 bits per heavy atom. The summed E-state index contributed by atoms with van der Waals surface area (Å²) in [6, 6.07) is 13.1. The average molecular weight is 434 g/mol. The summed E-state index contributed by atoms with van der Waals surface area (Å²) in [6.45, 7) is 2.76. The molecule has 2 aromatic carbocycles. The zero-order valence-corrected chi connectivity index (χ0v) is 16.6. The van der Waals surface area contributed by atoms with Gasteiger partial charge in [0.15, 0.2) is 11.5 Å². The van der Waals surface area contributed by atoms with Gasteiger partial charge in [-0.25, -0.2) is 5.43 Å². The normalized spacial score (nSPS) is 10.5. The molecule has 0 aliphatic carbocycles. The fraction of sp³-hybridized carbons (Fsp3) is 0.211.